The zero-order valence-electron chi connectivity index (χ0n) is 24.1. The molecule has 230 valence electrons. The number of hydrogen-bond acceptors (Lipinski definition) is 7. The molecule has 4 rings (SSSR count). The average molecular weight is 604 g/mol. The Balaban J connectivity index is 1.66. The Hall–Kier alpha value is -4.03. The number of rotatable bonds is 10. The summed E-state index contributed by atoms with van der Waals surface area (Å²) in [5.41, 5.74) is 1.77. The third-order valence-electron chi connectivity index (χ3n) is 7.38. The minimum absolute atomic E-state index is 0.0249. The van der Waals surface area contributed by atoms with E-state index in [-0.39, 0.29) is 39.8 Å². The monoisotopic (exact) mass is 603 g/mol. The standard InChI is InChI=1S/C31H33F4N3O5/c1-17-13-18(5-7-21(17)32)22-15-20(29(2,3)36)16-27(38-22)30(41,31(33,34)35)11-9-23(39)19-6-8-24(26(14-19)42-4)43-25-10-12-37-28(25)40/h5-8,13-16,25,41H,9-12,36H2,1-4H3,(H,37,40)/t25-,30?/m1/s1. The average Bonchev–Trinajstić information content (AvgIpc) is 3.35. The molecule has 0 aliphatic carbocycles. The first-order chi connectivity index (χ1) is 20.0. The van der Waals surface area contributed by atoms with Crippen LogP contribution in [0.25, 0.3) is 11.3 Å². The van der Waals surface area contributed by atoms with Gasteiger partial charge in [-0.3, -0.25) is 9.59 Å². The quantitative estimate of drug-likeness (QED) is 0.218. The zero-order chi connectivity index (χ0) is 31.7. The van der Waals surface area contributed by atoms with Crippen LogP contribution in [0.1, 0.15) is 60.3 Å². The topological polar surface area (TPSA) is 124 Å². The van der Waals surface area contributed by atoms with Gasteiger partial charge in [0.2, 0.25) is 5.60 Å². The van der Waals surface area contributed by atoms with E-state index in [0.717, 1.165) is 6.07 Å². The van der Waals surface area contributed by atoms with Crippen molar-refractivity contribution < 1.29 is 41.7 Å². The van der Waals surface area contributed by atoms with E-state index in [0.29, 0.717) is 18.5 Å². The summed E-state index contributed by atoms with van der Waals surface area (Å²) >= 11 is 0. The minimum Gasteiger partial charge on any atom is -0.493 e. The van der Waals surface area contributed by atoms with Gasteiger partial charge >= 0.3 is 6.18 Å². The van der Waals surface area contributed by atoms with Crippen LogP contribution in [-0.4, -0.2) is 47.7 Å². The van der Waals surface area contributed by atoms with Crippen molar-refractivity contribution in [1.29, 1.82) is 0 Å². The molecule has 1 aromatic heterocycles. The summed E-state index contributed by atoms with van der Waals surface area (Å²) in [7, 11) is 1.32. The molecule has 2 heterocycles. The van der Waals surface area contributed by atoms with E-state index in [1.807, 2.05) is 0 Å². The van der Waals surface area contributed by atoms with E-state index in [1.165, 1.54) is 56.5 Å². The molecule has 3 aromatic rings. The molecule has 0 spiro atoms. The van der Waals surface area contributed by atoms with Gasteiger partial charge in [-0.1, -0.05) is 0 Å². The Labute approximate surface area is 246 Å². The number of hydrogen-bond donors (Lipinski definition) is 3. The number of aliphatic hydroxyl groups is 1. The molecule has 12 heteroatoms. The second-order valence-corrected chi connectivity index (χ2v) is 11.1. The largest absolute Gasteiger partial charge is 0.493 e. The lowest BCUT2D eigenvalue weighted by Gasteiger charge is -2.32. The normalized spacial score (nSPS) is 16.9. The number of amides is 1. The van der Waals surface area contributed by atoms with Crippen LogP contribution in [-0.2, 0) is 15.9 Å². The van der Waals surface area contributed by atoms with Crippen molar-refractivity contribution in [2.75, 3.05) is 13.7 Å². The fourth-order valence-corrected chi connectivity index (χ4v) is 4.70. The summed E-state index contributed by atoms with van der Waals surface area (Å²) in [6.45, 7) is 5.13. The molecule has 1 aliphatic heterocycles. The fraction of sp³-hybridized carbons (Fsp3) is 0.387. The van der Waals surface area contributed by atoms with Gasteiger partial charge in [0, 0.05) is 36.1 Å². The lowest BCUT2D eigenvalue weighted by molar-refractivity contribution is -0.270. The molecular weight excluding hydrogens is 570 g/mol. The van der Waals surface area contributed by atoms with Gasteiger partial charge in [0.15, 0.2) is 23.4 Å². The molecule has 1 amide bonds. The van der Waals surface area contributed by atoms with Gasteiger partial charge < -0.3 is 25.6 Å². The highest BCUT2D eigenvalue weighted by atomic mass is 19.4. The number of Topliss-reactive ketones (excluding diaryl/α,β-unsaturated/α-hetero) is 1. The first-order valence-electron chi connectivity index (χ1n) is 13.6. The van der Waals surface area contributed by atoms with Crippen LogP contribution in [0.5, 0.6) is 11.5 Å². The first kappa shape index (κ1) is 31.9. The number of nitrogens with two attached hydrogens (primary N) is 1. The lowest BCUT2D eigenvalue weighted by atomic mass is 9.86. The number of ether oxygens (including phenoxy) is 2. The van der Waals surface area contributed by atoms with Crippen LogP contribution in [0.15, 0.2) is 48.5 Å². The molecule has 1 unspecified atom stereocenters. The summed E-state index contributed by atoms with van der Waals surface area (Å²) in [4.78, 5) is 29.1. The number of halogens is 4. The van der Waals surface area contributed by atoms with Gasteiger partial charge in [0.05, 0.1) is 18.5 Å². The number of alkyl halides is 3. The van der Waals surface area contributed by atoms with Gasteiger partial charge in [0.25, 0.3) is 5.91 Å². The number of aromatic nitrogens is 1. The maximum Gasteiger partial charge on any atom is 0.422 e. The molecule has 1 fully saturated rings. The second kappa shape index (κ2) is 11.9. The number of benzene rings is 2. The molecule has 2 aromatic carbocycles. The van der Waals surface area contributed by atoms with Gasteiger partial charge in [-0.25, -0.2) is 9.37 Å². The van der Waals surface area contributed by atoms with Crippen LogP contribution in [0.2, 0.25) is 0 Å². The summed E-state index contributed by atoms with van der Waals surface area (Å²) in [5, 5.41) is 13.8. The van der Waals surface area contributed by atoms with E-state index in [4.69, 9.17) is 15.2 Å². The van der Waals surface area contributed by atoms with Crippen molar-refractivity contribution in [1.82, 2.24) is 10.3 Å². The highest BCUT2D eigenvalue weighted by Crippen LogP contribution is 2.44. The molecule has 1 saturated heterocycles. The number of carbonyl (C=O) groups is 2. The van der Waals surface area contributed by atoms with E-state index in [9.17, 15) is 32.3 Å². The number of nitrogens with zero attached hydrogens (tertiary/aromatic N) is 1. The van der Waals surface area contributed by atoms with Crippen LogP contribution in [0.4, 0.5) is 17.6 Å². The van der Waals surface area contributed by atoms with Crippen molar-refractivity contribution in [3.63, 3.8) is 0 Å². The molecule has 4 N–H and O–H groups in total. The fourth-order valence-electron chi connectivity index (χ4n) is 4.70. The van der Waals surface area contributed by atoms with Gasteiger partial charge in [-0.05, 0) is 86.8 Å². The molecular formula is C31H33F4N3O5. The number of aryl methyl sites for hydroxylation is 1. The summed E-state index contributed by atoms with van der Waals surface area (Å²) in [6.07, 6.45) is -7.25. The van der Waals surface area contributed by atoms with Gasteiger partial charge in [0.1, 0.15) is 5.82 Å². The third kappa shape index (κ3) is 6.80. The summed E-state index contributed by atoms with van der Waals surface area (Å²) in [6, 6.07) is 10.6. The van der Waals surface area contributed by atoms with Crippen LogP contribution < -0.4 is 20.5 Å². The molecule has 0 saturated carbocycles. The van der Waals surface area contributed by atoms with Crippen LogP contribution >= 0.6 is 0 Å². The molecule has 2 atom stereocenters. The number of pyridine rings is 1. The van der Waals surface area contributed by atoms with Crippen molar-refractivity contribution in [2.45, 2.75) is 63.5 Å². The van der Waals surface area contributed by atoms with Crippen molar-refractivity contribution in [3.8, 4) is 22.8 Å². The predicted octanol–water partition coefficient (Wildman–Crippen LogP) is 5.08. The number of ketones is 1. The highest BCUT2D eigenvalue weighted by molar-refractivity contribution is 5.96. The Morgan fingerprint density at radius 3 is 2.42 bits per heavy atom. The summed E-state index contributed by atoms with van der Waals surface area (Å²) < 4.78 is 68.6. The van der Waals surface area contributed by atoms with Crippen molar-refractivity contribution >= 4 is 11.7 Å². The van der Waals surface area contributed by atoms with Crippen LogP contribution in [0.3, 0.4) is 0 Å². The third-order valence-corrected chi connectivity index (χ3v) is 7.38. The Kier molecular flexibility index (Phi) is 8.85. The molecule has 0 bridgehead atoms. The Morgan fingerprint density at radius 2 is 1.84 bits per heavy atom. The highest BCUT2D eigenvalue weighted by Gasteiger charge is 2.56. The second-order valence-electron chi connectivity index (χ2n) is 11.1. The predicted molar refractivity (Wildman–Crippen MR) is 150 cm³/mol. The zero-order valence-corrected chi connectivity index (χ0v) is 24.1. The summed E-state index contributed by atoms with van der Waals surface area (Å²) in [5.74, 6) is -1.17. The minimum atomic E-state index is -5.22. The molecule has 0 radical (unpaired) electrons. The van der Waals surface area contributed by atoms with Gasteiger partial charge in [-0.2, -0.15) is 13.2 Å². The molecule has 43 heavy (non-hydrogen) atoms. The smallest absolute Gasteiger partial charge is 0.422 e. The number of nitrogens with one attached hydrogen (secondary N) is 1. The van der Waals surface area contributed by atoms with E-state index < -0.39 is 53.6 Å². The lowest BCUT2D eigenvalue weighted by Crippen LogP contribution is -2.44. The van der Waals surface area contributed by atoms with E-state index >= 15 is 0 Å². The number of methoxy groups -OCH3 is 1. The van der Waals surface area contributed by atoms with E-state index in [2.05, 4.69) is 10.3 Å². The SMILES string of the molecule is COc1cc(C(=O)CCC(O)(c2cc(C(C)(C)N)cc(-c3ccc(F)c(C)c3)n2)C(F)(F)F)ccc1O[C@@H]1CCNC1=O. The maximum absolute atomic E-state index is 14.6. The van der Waals surface area contributed by atoms with Crippen LogP contribution in [0, 0.1) is 12.7 Å². The number of carbonyl (C=O) groups excluding carboxylic acids is 2. The molecule has 8 nitrogen and oxygen atoms in total. The van der Waals surface area contributed by atoms with E-state index in [1.54, 1.807) is 13.8 Å². The maximum atomic E-state index is 14.6. The van der Waals surface area contributed by atoms with Gasteiger partial charge in [-0.15, -0.1) is 0 Å². The first-order valence-corrected chi connectivity index (χ1v) is 13.6. The molecule has 1 aliphatic rings. The Bertz CT molecular complexity index is 1540. The van der Waals surface area contributed by atoms with Crippen molar-refractivity contribution in [3.05, 3.63) is 76.7 Å². The Morgan fingerprint density at radius 1 is 1.12 bits per heavy atom. The van der Waals surface area contributed by atoms with Crippen molar-refractivity contribution in [2.24, 2.45) is 5.73 Å².